The molecule has 0 aromatic carbocycles. The van der Waals surface area contributed by atoms with Gasteiger partial charge in [-0.1, -0.05) is 33.5 Å². The molecule has 43 heavy (non-hydrogen) atoms. The Balaban J connectivity index is 2.84. The second kappa shape index (κ2) is 17.5. The third-order valence-corrected chi connectivity index (χ3v) is 8.56. The Bertz CT molecular complexity index is 1060. The van der Waals surface area contributed by atoms with Crippen molar-refractivity contribution >= 4 is 49.5 Å². The van der Waals surface area contributed by atoms with Crippen LogP contribution in [0.2, 0.25) is 25.7 Å². The largest absolute Gasteiger partial charge is 0.480 e. The number of nitrogens with zero attached hydrogens (tertiary/aromatic N) is 2. The van der Waals surface area contributed by atoms with Crippen LogP contribution in [0.15, 0.2) is 12.2 Å². The molecule has 1 aliphatic rings. The molecule has 6 amide bonds. The van der Waals surface area contributed by atoms with E-state index in [9.17, 15) is 38.7 Å². The molecule has 0 aromatic heterocycles. The highest BCUT2D eigenvalue weighted by Gasteiger charge is 2.37. The van der Waals surface area contributed by atoms with Crippen molar-refractivity contribution in [2.75, 3.05) is 26.2 Å². The van der Waals surface area contributed by atoms with Crippen LogP contribution in [0, 0.1) is 5.92 Å². The molecule has 0 fully saturated rings. The summed E-state index contributed by atoms with van der Waals surface area (Å²) in [6, 6.07) is -2.37. The average molecular weight is 625 g/mol. The summed E-state index contributed by atoms with van der Waals surface area (Å²) in [5.41, 5.74) is 5.42. The molecule has 6 N–H and O–H groups in total. The second-order valence-electron chi connectivity index (χ2n) is 12.2. The van der Waals surface area contributed by atoms with Crippen molar-refractivity contribution in [1.82, 2.24) is 25.8 Å². The first-order valence-corrected chi connectivity index (χ1v) is 18.3. The van der Waals surface area contributed by atoms with Crippen LogP contribution in [0.25, 0.3) is 0 Å². The van der Waals surface area contributed by atoms with Crippen LogP contribution in [0.3, 0.4) is 0 Å². The molecule has 0 spiro atoms. The van der Waals surface area contributed by atoms with Crippen LogP contribution in [0.5, 0.6) is 0 Å². The molecule has 0 bridgehead atoms. The lowest BCUT2D eigenvalue weighted by Crippen LogP contribution is -2.58. The molecule has 15 heteroatoms. The maximum atomic E-state index is 13.5. The summed E-state index contributed by atoms with van der Waals surface area (Å²) in [5.74, 6) is -4.95. The Morgan fingerprint density at radius 2 is 1.58 bits per heavy atom. The topological polar surface area (TPSA) is 208 Å². The fraction of sp³-hybridized carbons (Fsp3) is 0.679. The van der Waals surface area contributed by atoms with Gasteiger partial charge in [-0.3, -0.25) is 33.7 Å². The molecular weight excluding hydrogens is 576 g/mol. The molecule has 1 heterocycles. The van der Waals surface area contributed by atoms with E-state index in [2.05, 4.69) is 35.6 Å². The Morgan fingerprint density at radius 3 is 2.09 bits per heavy atom. The standard InChI is InChI=1S/C28H48N6O8Si/c1-18(2)25(33(15-16-43(4,5)6)24(38)17-34-22(36)10-11-23(34)37)27(40)31-19(3)26(39)30-14-12-21(35)32-20(28(41)42)9-7-8-13-29/h10-11,18-20,25H,7-9,12-17,29H2,1-6H3,(H,30,39)(H,31,40)(H,32,35)(H,41,42)/t19-,20-,25-/m0/s1. The van der Waals surface area contributed by atoms with Gasteiger partial charge in [0.25, 0.3) is 11.8 Å². The van der Waals surface area contributed by atoms with E-state index in [1.54, 1.807) is 13.8 Å². The van der Waals surface area contributed by atoms with E-state index < -0.39 is 74.2 Å². The summed E-state index contributed by atoms with van der Waals surface area (Å²) >= 11 is 0. The Labute approximate surface area is 254 Å². The molecule has 0 radical (unpaired) electrons. The van der Waals surface area contributed by atoms with E-state index in [0.717, 1.165) is 17.1 Å². The molecule has 0 aliphatic carbocycles. The number of nitrogens with one attached hydrogen (secondary N) is 3. The van der Waals surface area contributed by atoms with Crippen LogP contribution >= 0.6 is 0 Å². The summed E-state index contributed by atoms with van der Waals surface area (Å²) < 4.78 is 0. The number of nitrogens with two attached hydrogens (primary N) is 1. The van der Waals surface area contributed by atoms with Crippen molar-refractivity contribution in [2.24, 2.45) is 11.7 Å². The van der Waals surface area contributed by atoms with Crippen LogP contribution < -0.4 is 21.7 Å². The summed E-state index contributed by atoms with van der Waals surface area (Å²) in [6.07, 6.45) is 3.44. The van der Waals surface area contributed by atoms with Crippen molar-refractivity contribution in [2.45, 2.75) is 90.3 Å². The highest BCUT2D eigenvalue weighted by atomic mass is 28.3. The number of unbranched alkanes of at least 4 members (excludes halogenated alkanes) is 1. The molecule has 3 atom stereocenters. The smallest absolute Gasteiger partial charge is 0.326 e. The van der Waals surface area contributed by atoms with E-state index in [-0.39, 0.29) is 31.8 Å². The highest BCUT2D eigenvalue weighted by molar-refractivity contribution is 6.76. The quantitative estimate of drug-likeness (QED) is 0.0732. The number of carbonyl (C=O) groups is 7. The summed E-state index contributed by atoms with van der Waals surface area (Å²) in [6.45, 7) is 11.4. The number of rotatable bonds is 19. The molecule has 0 unspecified atom stereocenters. The van der Waals surface area contributed by atoms with Gasteiger partial charge >= 0.3 is 5.97 Å². The van der Waals surface area contributed by atoms with Crippen LogP contribution in [0.4, 0.5) is 0 Å². The minimum absolute atomic E-state index is 0.0830. The summed E-state index contributed by atoms with van der Waals surface area (Å²) in [7, 11) is -1.67. The van der Waals surface area contributed by atoms with Gasteiger partial charge in [-0.15, -0.1) is 0 Å². The van der Waals surface area contributed by atoms with Gasteiger partial charge in [-0.05, 0) is 44.7 Å². The van der Waals surface area contributed by atoms with E-state index in [1.165, 1.54) is 11.8 Å². The number of carboxylic acid groups (broad SMARTS) is 1. The number of hydrogen-bond acceptors (Lipinski definition) is 8. The molecule has 14 nitrogen and oxygen atoms in total. The van der Waals surface area contributed by atoms with Gasteiger partial charge in [0.1, 0.15) is 24.7 Å². The molecule has 1 aliphatic heterocycles. The van der Waals surface area contributed by atoms with Gasteiger partial charge in [-0.25, -0.2) is 4.79 Å². The normalized spacial score (nSPS) is 15.2. The van der Waals surface area contributed by atoms with Crippen LogP contribution in [0.1, 0.15) is 46.5 Å². The van der Waals surface area contributed by atoms with Gasteiger partial charge in [0.15, 0.2) is 0 Å². The predicted octanol–water partition coefficient (Wildman–Crippen LogP) is -0.188. The maximum Gasteiger partial charge on any atom is 0.326 e. The maximum absolute atomic E-state index is 13.5. The van der Waals surface area contributed by atoms with Crippen molar-refractivity contribution in [3.8, 4) is 0 Å². The zero-order chi connectivity index (χ0) is 32.9. The lowest BCUT2D eigenvalue weighted by Gasteiger charge is -2.36. The first-order valence-electron chi connectivity index (χ1n) is 14.6. The number of hydrogen-bond donors (Lipinski definition) is 5. The van der Waals surface area contributed by atoms with E-state index in [1.807, 2.05) is 0 Å². The van der Waals surface area contributed by atoms with Gasteiger partial charge in [0.05, 0.1) is 0 Å². The predicted molar refractivity (Wildman–Crippen MR) is 162 cm³/mol. The molecule has 0 saturated heterocycles. The Morgan fingerprint density at radius 1 is 0.977 bits per heavy atom. The average Bonchev–Trinajstić information content (AvgIpc) is 3.21. The number of aliphatic carboxylic acids is 1. The van der Waals surface area contributed by atoms with Gasteiger partial charge in [0, 0.05) is 39.7 Å². The molecule has 1 rings (SSSR count). The zero-order valence-corrected chi connectivity index (χ0v) is 27.1. The minimum atomic E-state index is -1.67. The van der Waals surface area contributed by atoms with Crippen molar-refractivity contribution in [1.29, 1.82) is 0 Å². The molecule has 0 saturated carbocycles. The van der Waals surface area contributed by atoms with E-state index in [0.29, 0.717) is 25.4 Å². The highest BCUT2D eigenvalue weighted by Crippen LogP contribution is 2.18. The third-order valence-electron chi connectivity index (χ3n) is 6.84. The lowest BCUT2D eigenvalue weighted by atomic mass is 10.0. The SMILES string of the molecule is CC(C)[C@@H](C(=O)N[C@@H](C)C(=O)NCCC(=O)N[C@@H](CCCCN)C(=O)O)N(CC[Si](C)(C)C)C(=O)CN1C(=O)C=CC1=O. The monoisotopic (exact) mass is 624 g/mol. The van der Waals surface area contributed by atoms with Crippen LogP contribution in [-0.4, -0.2) is 109 Å². The van der Waals surface area contributed by atoms with Gasteiger partial charge in [-0.2, -0.15) is 0 Å². The summed E-state index contributed by atoms with van der Waals surface area (Å²) in [5, 5.41) is 16.9. The Hall–Kier alpha value is -3.59. The Kier molecular flexibility index (Phi) is 15.2. The fourth-order valence-corrected chi connectivity index (χ4v) is 5.24. The number of imide groups is 1. The number of amides is 6. The second-order valence-corrected chi connectivity index (χ2v) is 17.8. The van der Waals surface area contributed by atoms with Crippen molar-refractivity contribution < 1.29 is 38.7 Å². The zero-order valence-electron chi connectivity index (χ0n) is 26.1. The van der Waals surface area contributed by atoms with E-state index in [4.69, 9.17) is 5.73 Å². The molecule has 0 aromatic rings. The summed E-state index contributed by atoms with van der Waals surface area (Å²) in [4.78, 5) is 89.5. The van der Waals surface area contributed by atoms with Crippen molar-refractivity contribution in [3.63, 3.8) is 0 Å². The minimum Gasteiger partial charge on any atom is -0.480 e. The third kappa shape index (κ3) is 13.1. The first-order chi connectivity index (χ1) is 20.0. The van der Waals surface area contributed by atoms with Gasteiger partial charge in [0.2, 0.25) is 23.6 Å². The molecule has 242 valence electrons. The van der Waals surface area contributed by atoms with E-state index >= 15 is 0 Å². The van der Waals surface area contributed by atoms with Crippen LogP contribution in [-0.2, 0) is 33.6 Å². The number of carbonyl (C=O) groups excluding carboxylic acids is 6. The lowest BCUT2D eigenvalue weighted by molar-refractivity contribution is -0.148. The van der Waals surface area contributed by atoms with Gasteiger partial charge < -0.3 is 31.7 Å². The number of carboxylic acids is 1. The van der Waals surface area contributed by atoms with Crippen molar-refractivity contribution in [3.05, 3.63) is 12.2 Å². The molecular formula is C28H48N6O8Si. The first kappa shape index (κ1) is 37.4. The fourth-order valence-electron chi connectivity index (χ4n) is 4.33.